The molecule has 7 nitrogen and oxygen atoms in total. The van der Waals surface area contributed by atoms with E-state index in [1.54, 1.807) is 0 Å². The highest BCUT2D eigenvalue weighted by Crippen LogP contribution is 2.23. The van der Waals surface area contributed by atoms with Crippen LogP contribution in [0.4, 0.5) is 0 Å². The molecule has 0 unspecified atom stereocenters. The molecule has 0 fully saturated rings. The van der Waals surface area contributed by atoms with E-state index in [2.05, 4.69) is 20.7 Å². The summed E-state index contributed by atoms with van der Waals surface area (Å²) in [6.45, 7) is 0.188. The Hall–Kier alpha value is -1.00. The van der Waals surface area contributed by atoms with Crippen LogP contribution in [-0.4, -0.2) is 51.0 Å². The summed E-state index contributed by atoms with van der Waals surface area (Å²) < 4.78 is 31.4. The van der Waals surface area contributed by atoms with Gasteiger partial charge in [0.05, 0.1) is 30.3 Å². The summed E-state index contributed by atoms with van der Waals surface area (Å²) in [7, 11) is -3.75. The first-order chi connectivity index (χ1) is 9.38. The molecular weight excluding hydrogens is 354 g/mol. The zero-order valence-corrected chi connectivity index (χ0v) is 12.8. The third-order valence-corrected chi connectivity index (χ3v) is 4.68. The standard InChI is InChI=1S/C11H14BrNO6S/c12-9-7-8(11(15)16)1-2-10(9)20(17,18)13-3-5-19-6-4-14/h1-2,7,13-14H,3-6H2,(H,15,16). The van der Waals surface area contributed by atoms with Gasteiger partial charge in [-0.1, -0.05) is 0 Å². The van der Waals surface area contributed by atoms with E-state index in [4.69, 9.17) is 14.9 Å². The van der Waals surface area contributed by atoms with E-state index in [0.717, 1.165) is 0 Å². The van der Waals surface area contributed by atoms with Crippen LogP contribution in [0.3, 0.4) is 0 Å². The molecule has 0 bridgehead atoms. The summed E-state index contributed by atoms with van der Waals surface area (Å²) in [6.07, 6.45) is 0. The summed E-state index contributed by atoms with van der Waals surface area (Å²) in [5, 5.41) is 17.3. The molecule has 0 amide bonds. The number of aliphatic hydroxyl groups is 1. The Balaban J connectivity index is 2.75. The largest absolute Gasteiger partial charge is 0.478 e. The zero-order valence-electron chi connectivity index (χ0n) is 10.4. The molecule has 0 radical (unpaired) electrons. The minimum atomic E-state index is -3.75. The third kappa shape index (κ3) is 4.84. The number of sulfonamides is 1. The van der Waals surface area contributed by atoms with Gasteiger partial charge in [0.1, 0.15) is 0 Å². The predicted molar refractivity (Wildman–Crippen MR) is 74.2 cm³/mol. The van der Waals surface area contributed by atoms with Gasteiger partial charge in [0.2, 0.25) is 10.0 Å². The molecule has 0 aliphatic heterocycles. The number of carbonyl (C=O) groups is 1. The molecular formula is C11H14BrNO6S. The van der Waals surface area contributed by atoms with E-state index in [9.17, 15) is 13.2 Å². The van der Waals surface area contributed by atoms with Crippen LogP contribution >= 0.6 is 15.9 Å². The molecule has 112 valence electrons. The first-order valence-corrected chi connectivity index (χ1v) is 7.87. The van der Waals surface area contributed by atoms with Crippen LogP contribution in [0.15, 0.2) is 27.6 Å². The van der Waals surface area contributed by atoms with Gasteiger partial charge >= 0.3 is 5.97 Å². The number of carboxylic acid groups (broad SMARTS) is 1. The lowest BCUT2D eigenvalue weighted by Crippen LogP contribution is -2.28. The van der Waals surface area contributed by atoms with Gasteiger partial charge in [-0.15, -0.1) is 0 Å². The number of carboxylic acids is 1. The van der Waals surface area contributed by atoms with Crippen molar-refractivity contribution in [1.29, 1.82) is 0 Å². The van der Waals surface area contributed by atoms with Crippen LogP contribution in [0.5, 0.6) is 0 Å². The van der Waals surface area contributed by atoms with Gasteiger partial charge in [-0.2, -0.15) is 0 Å². The van der Waals surface area contributed by atoms with Crippen molar-refractivity contribution in [3.63, 3.8) is 0 Å². The second-order valence-corrected chi connectivity index (χ2v) is 6.27. The molecule has 0 aliphatic carbocycles. The van der Waals surface area contributed by atoms with Gasteiger partial charge < -0.3 is 14.9 Å². The number of aliphatic hydroxyl groups excluding tert-OH is 1. The Kier molecular flexibility index (Phi) is 6.56. The molecule has 0 saturated heterocycles. The molecule has 9 heteroatoms. The number of benzene rings is 1. The lowest BCUT2D eigenvalue weighted by Gasteiger charge is -2.09. The fourth-order valence-electron chi connectivity index (χ4n) is 1.34. The fourth-order valence-corrected chi connectivity index (χ4v) is 3.43. The van der Waals surface area contributed by atoms with Gasteiger partial charge in [0.25, 0.3) is 0 Å². The summed E-state index contributed by atoms with van der Waals surface area (Å²) in [5.41, 5.74) is -0.0119. The van der Waals surface area contributed by atoms with E-state index in [0.29, 0.717) is 0 Å². The van der Waals surface area contributed by atoms with Crippen LogP contribution in [0.1, 0.15) is 10.4 Å². The first-order valence-electron chi connectivity index (χ1n) is 5.59. The molecule has 1 aromatic rings. The summed E-state index contributed by atoms with van der Waals surface area (Å²) in [4.78, 5) is 10.7. The topological polar surface area (TPSA) is 113 Å². The normalized spacial score (nSPS) is 11.5. The van der Waals surface area contributed by atoms with Crippen LogP contribution in [0.25, 0.3) is 0 Å². The number of halogens is 1. The number of hydrogen-bond donors (Lipinski definition) is 3. The molecule has 0 saturated carbocycles. The Morgan fingerprint density at radius 3 is 2.60 bits per heavy atom. The van der Waals surface area contributed by atoms with Crippen molar-refractivity contribution in [3.05, 3.63) is 28.2 Å². The molecule has 20 heavy (non-hydrogen) atoms. The Bertz CT molecular complexity index is 574. The molecule has 0 atom stereocenters. The van der Waals surface area contributed by atoms with Crippen molar-refractivity contribution >= 4 is 31.9 Å². The van der Waals surface area contributed by atoms with Gasteiger partial charge in [-0.25, -0.2) is 17.9 Å². The SMILES string of the molecule is O=C(O)c1ccc(S(=O)(=O)NCCOCCO)c(Br)c1. The van der Waals surface area contributed by atoms with Crippen LogP contribution < -0.4 is 4.72 Å². The molecule has 0 aliphatic rings. The van der Waals surface area contributed by atoms with E-state index < -0.39 is 16.0 Å². The second kappa shape index (κ2) is 7.70. The van der Waals surface area contributed by atoms with Crippen molar-refractivity contribution in [2.75, 3.05) is 26.4 Å². The maximum Gasteiger partial charge on any atom is 0.335 e. The summed E-state index contributed by atoms with van der Waals surface area (Å²) in [6, 6.07) is 3.65. The third-order valence-electron chi connectivity index (χ3n) is 2.24. The van der Waals surface area contributed by atoms with Gasteiger partial charge in [0.15, 0.2) is 0 Å². The van der Waals surface area contributed by atoms with E-state index in [1.165, 1.54) is 18.2 Å². The van der Waals surface area contributed by atoms with E-state index in [1.807, 2.05) is 0 Å². The zero-order chi connectivity index (χ0) is 15.2. The van der Waals surface area contributed by atoms with Gasteiger partial charge in [-0.3, -0.25) is 0 Å². The molecule has 1 rings (SSSR count). The smallest absolute Gasteiger partial charge is 0.335 e. The van der Waals surface area contributed by atoms with Crippen molar-refractivity contribution < 1.29 is 28.2 Å². The number of nitrogens with one attached hydrogen (secondary N) is 1. The van der Waals surface area contributed by atoms with Crippen LogP contribution in [0, 0.1) is 0 Å². The van der Waals surface area contributed by atoms with Crippen molar-refractivity contribution in [2.45, 2.75) is 4.90 Å². The minimum absolute atomic E-state index is 0.0119. The average Bonchev–Trinajstić information content (AvgIpc) is 2.37. The Labute approximate surface area is 124 Å². The van der Waals surface area contributed by atoms with Gasteiger partial charge in [0, 0.05) is 11.0 Å². The minimum Gasteiger partial charge on any atom is -0.478 e. The van der Waals surface area contributed by atoms with Crippen molar-refractivity contribution in [2.24, 2.45) is 0 Å². The summed E-state index contributed by atoms with van der Waals surface area (Å²) in [5.74, 6) is -1.14. The average molecular weight is 368 g/mol. The quantitative estimate of drug-likeness (QED) is 0.574. The molecule has 3 N–H and O–H groups in total. The van der Waals surface area contributed by atoms with Crippen LogP contribution in [0.2, 0.25) is 0 Å². The lowest BCUT2D eigenvalue weighted by atomic mass is 10.2. The maximum atomic E-state index is 12.0. The van der Waals surface area contributed by atoms with Crippen LogP contribution in [-0.2, 0) is 14.8 Å². The number of ether oxygens (including phenoxy) is 1. The number of hydrogen-bond acceptors (Lipinski definition) is 5. The van der Waals surface area contributed by atoms with Crippen molar-refractivity contribution in [3.8, 4) is 0 Å². The summed E-state index contributed by atoms with van der Waals surface area (Å²) >= 11 is 3.04. The molecule has 1 aromatic carbocycles. The second-order valence-electron chi connectivity index (χ2n) is 3.68. The Morgan fingerprint density at radius 1 is 1.35 bits per heavy atom. The molecule has 0 heterocycles. The maximum absolute atomic E-state index is 12.0. The highest BCUT2D eigenvalue weighted by molar-refractivity contribution is 9.10. The van der Waals surface area contributed by atoms with Crippen molar-refractivity contribution in [1.82, 2.24) is 4.72 Å². The molecule has 0 spiro atoms. The monoisotopic (exact) mass is 367 g/mol. The number of rotatable bonds is 8. The van der Waals surface area contributed by atoms with E-state index >= 15 is 0 Å². The highest BCUT2D eigenvalue weighted by Gasteiger charge is 2.18. The predicted octanol–water partition coefficient (Wildman–Crippen LogP) is 0.434. The first kappa shape index (κ1) is 17.1. The number of aromatic carboxylic acids is 1. The lowest BCUT2D eigenvalue weighted by molar-refractivity contribution is 0.0696. The van der Waals surface area contributed by atoms with Gasteiger partial charge in [-0.05, 0) is 34.1 Å². The molecule has 0 aromatic heterocycles. The van der Waals surface area contributed by atoms with E-state index in [-0.39, 0.29) is 41.3 Å². The highest BCUT2D eigenvalue weighted by atomic mass is 79.9. The Morgan fingerprint density at radius 2 is 2.05 bits per heavy atom. The fraction of sp³-hybridized carbons (Fsp3) is 0.364.